The van der Waals surface area contributed by atoms with Gasteiger partial charge >= 0.3 is 12.0 Å². The lowest BCUT2D eigenvalue weighted by Gasteiger charge is -2.46. The quantitative estimate of drug-likeness (QED) is 0.767. The second-order valence-corrected chi connectivity index (χ2v) is 5.58. The summed E-state index contributed by atoms with van der Waals surface area (Å²) in [7, 11) is 0. The van der Waals surface area contributed by atoms with Crippen LogP contribution in [0.3, 0.4) is 0 Å². The predicted molar refractivity (Wildman–Crippen MR) is 68.7 cm³/mol. The number of carbonyl (C=O) groups excluding carboxylic acids is 1. The van der Waals surface area contributed by atoms with E-state index in [4.69, 9.17) is 10.2 Å². The highest BCUT2D eigenvalue weighted by Gasteiger charge is 2.40. The first-order chi connectivity index (χ1) is 9.04. The van der Waals surface area contributed by atoms with Gasteiger partial charge in [0.2, 0.25) is 0 Å². The summed E-state index contributed by atoms with van der Waals surface area (Å²) in [6.07, 6.45) is 3.15. The predicted octanol–water partition coefficient (Wildman–Crippen LogP) is 0.606. The molecule has 1 unspecified atom stereocenters. The van der Waals surface area contributed by atoms with Gasteiger partial charge in [-0.05, 0) is 19.3 Å². The monoisotopic (exact) mass is 270 g/mol. The molecule has 2 fully saturated rings. The molecule has 1 saturated carbocycles. The first kappa shape index (κ1) is 14.1. The van der Waals surface area contributed by atoms with Crippen LogP contribution in [-0.4, -0.2) is 64.3 Å². The van der Waals surface area contributed by atoms with E-state index in [0.717, 1.165) is 19.3 Å². The molecule has 1 atom stereocenters. The van der Waals surface area contributed by atoms with Crippen LogP contribution in [0.4, 0.5) is 4.79 Å². The Bertz CT molecular complexity index is 351. The molecule has 2 rings (SSSR count). The number of nitrogens with zero attached hydrogens (tertiary/aromatic N) is 2. The molecule has 2 N–H and O–H groups in total. The molecule has 6 heteroatoms. The maximum absolute atomic E-state index is 12.3. The van der Waals surface area contributed by atoms with E-state index in [2.05, 4.69) is 0 Å². The van der Waals surface area contributed by atoms with Crippen molar-refractivity contribution in [2.45, 2.75) is 32.2 Å². The first-order valence-electron chi connectivity index (χ1n) is 6.93. The van der Waals surface area contributed by atoms with Crippen LogP contribution in [0.5, 0.6) is 0 Å². The second-order valence-electron chi connectivity index (χ2n) is 5.58. The van der Waals surface area contributed by atoms with Crippen molar-refractivity contribution in [3.05, 3.63) is 0 Å². The van der Waals surface area contributed by atoms with Gasteiger partial charge in [0.25, 0.3) is 0 Å². The Morgan fingerprint density at radius 2 is 2.00 bits per heavy atom. The van der Waals surface area contributed by atoms with E-state index in [9.17, 15) is 9.59 Å². The summed E-state index contributed by atoms with van der Waals surface area (Å²) in [4.78, 5) is 26.6. The number of carbonyl (C=O) groups is 2. The fourth-order valence-corrected chi connectivity index (χ4v) is 2.61. The minimum atomic E-state index is -0.802. The second kappa shape index (κ2) is 5.77. The zero-order chi connectivity index (χ0) is 14.0. The third-order valence-electron chi connectivity index (χ3n) is 4.38. The third kappa shape index (κ3) is 2.83. The van der Waals surface area contributed by atoms with Crippen molar-refractivity contribution >= 4 is 12.0 Å². The normalized spacial score (nSPS) is 21.5. The molecule has 1 heterocycles. The van der Waals surface area contributed by atoms with Gasteiger partial charge in [0.15, 0.2) is 0 Å². The summed E-state index contributed by atoms with van der Waals surface area (Å²) in [5.74, 6) is -1.15. The Kier molecular flexibility index (Phi) is 4.29. The Labute approximate surface area is 113 Å². The topological polar surface area (TPSA) is 81.1 Å². The fraction of sp³-hybridized carbons (Fsp3) is 0.846. The molecular formula is C13H22N2O4. The average molecular weight is 270 g/mol. The molecule has 19 heavy (non-hydrogen) atoms. The highest BCUT2D eigenvalue weighted by atomic mass is 16.4. The summed E-state index contributed by atoms with van der Waals surface area (Å²) >= 11 is 0. The maximum Gasteiger partial charge on any atom is 0.320 e. The Hall–Kier alpha value is -1.30. The zero-order valence-electron chi connectivity index (χ0n) is 11.3. The maximum atomic E-state index is 12.3. The SMILES string of the molecule is CC(C(=O)O)C1CN(C(=O)N(CCO)C2CCC2)C1. The Morgan fingerprint density at radius 3 is 2.42 bits per heavy atom. The van der Waals surface area contributed by atoms with E-state index in [1.165, 1.54) is 0 Å². The largest absolute Gasteiger partial charge is 0.481 e. The summed E-state index contributed by atoms with van der Waals surface area (Å²) in [6.45, 7) is 3.07. The number of likely N-dealkylation sites (tertiary alicyclic amines) is 1. The van der Waals surface area contributed by atoms with E-state index < -0.39 is 11.9 Å². The van der Waals surface area contributed by atoms with Crippen LogP contribution in [0.25, 0.3) is 0 Å². The Morgan fingerprint density at radius 1 is 1.37 bits per heavy atom. The number of carboxylic acid groups (broad SMARTS) is 1. The molecular weight excluding hydrogens is 248 g/mol. The van der Waals surface area contributed by atoms with Crippen LogP contribution >= 0.6 is 0 Å². The number of rotatable bonds is 5. The van der Waals surface area contributed by atoms with Crippen molar-refractivity contribution in [3.63, 3.8) is 0 Å². The molecule has 1 saturated heterocycles. The lowest BCUT2D eigenvalue weighted by Crippen LogP contribution is -2.60. The van der Waals surface area contributed by atoms with Crippen LogP contribution in [0.15, 0.2) is 0 Å². The van der Waals surface area contributed by atoms with E-state index in [0.29, 0.717) is 19.6 Å². The lowest BCUT2D eigenvalue weighted by atomic mass is 9.87. The summed E-state index contributed by atoms with van der Waals surface area (Å²) in [5, 5.41) is 18.0. The molecule has 0 aromatic rings. The molecule has 0 aromatic carbocycles. The molecule has 108 valence electrons. The van der Waals surface area contributed by atoms with Gasteiger partial charge in [-0.25, -0.2) is 4.79 Å². The van der Waals surface area contributed by atoms with Crippen molar-refractivity contribution < 1.29 is 19.8 Å². The number of hydrogen-bond donors (Lipinski definition) is 2. The smallest absolute Gasteiger partial charge is 0.320 e. The Balaban J connectivity index is 1.85. The van der Waals surface area contributed by atoms with Crippen molar-refractivity contribution in [2.75, 3.05) is 26.2 Å². The van der Waals surface area contributed by atoms with Gasteiger partial charge < -0.3 is 20.0 Å². The lowest BCUT2D eigenvalue weighted by molar-refractivity contribution is -0.145. The molecule has 1 aliphatic heterocycles. The molecule has 1 aliphatic carbocycles. The molecule has 6 nitrogen and oxygen atoms in total. The molecule has 0 spiro atoms. The van der Waals surface area contributed by atoms with E-state index in [1.807, 2.05) is 0 Å². The summed E-state index contributed by atoms with van der Waals surface area (Å²) < 4.78 is 0. The fourth-order valence-electron chi connectivity index (χ4n) is 2.61. The van der Waals surface area contributed by atoms with Gasteiger partial charge in [0.1, 0.15) is 0 Å². The zero-order valence-corrected chi connectivity index (χ0v) is 11.3. The minimum Gasteiger partial charge on any atom is -0.481 e. The van der Waals surface area contributed by atoms with Crippen LogP contribution in [0, 0.1) is 11.8 Å². The van der Waals surface area contributed by atoms with Crippen molar-refractivity contribution in [2.24, 2.45) is 11.8 Å². The highest BCUT2D eigenvalue weighted by molar-refractivity contribution is 5.77. The first-order valence-corrected chi connectivity index (χ1v) is 6.93. The van der Waals surface area contributed by atoms with Gasteiger partial charge in [-0.3, -0.25) is 4.79 Å². The van der Waals surface area contributed by atoms with Crippen LogP contribution < -0.4 is 0 Å². The van der Waals surface area contributed by atoms with Crippen LogP contribution in [0.1, 0.15) is 26.2 Å². The van der Waals surface area contributed by atoms with Gasteiger partial charge in [0.05, 0.1) is 12.5 Å². The van der Waals surface area contributed by atoms with Crippen LogP contribution in [-0.2, 0) is 4.79 Å². The van der Waals surface area contributed by atoms with Crippen molar-refractivity contribution in [3.8, 4) is 0 Å². The average Bonchev–Trinajstić information content (AvgIpc) is 2.23. The molecule has 2 amide bonds. The number of aliphatic carboxylic acids is 1. The molecule has 0 radical (unpaired) electrons. The summed E-state index contributed by atoms with van der Waals surface area (Å²) in [6, 6.07) is 0.211. The number of carboxylic acids is 1. The van der Waals surface area contributed by atoms with Gasteiger partial charge in [-0.2, -0.15) is 0 Å². The highest BCUT2D eigenvalue weighted by Crippen LogP contribution is 2.29. The van der Waals surface area contributed by atoms with Gasteiger partial charge in [0, 0.05) is 31.6 Å². The van der Waals surface area contributed by atoms with E-state index in [1.54, 1.807) is 16.7 Å². The third-order valence-corrected chi connectivity index (χ3v) is 4.38. The van der Waals surface area contributed by atoms with Crippen molar-refractivity contribution in [1.29, 1.82) is 0 Å². The number of amides is 2. The van der Waals surface area contributed by atoms with Crippen LogP contribution in [0.2, 0.25) is 0 Å². The molecule has 0 aromatic heterocycles. The minimum absolute atomic E-state index is 0.0228. The molecule has 0 bridgehead atoms. The molecule has 2 aliphatic rings. The van der Waals surface area contributed by atoms with Gasteiger partial charge in [-0.1, -0.05) is 6.92 Å². The van der Waals surface area contributed by atoms with E-state index >= 15 is 0 Å². The van der Waals surface area contributed by atoms with Crippen molar-refractivity contribution in [1.82, 2.24) is 9.80 Å². The van der Waals surface area contributed by atoms with Gasteiger partial charge in [-0.15, -0.1) is 0 Å². The number of hydrogen-bond acceptors (Lipinski definition) is 3. The number of urea groups is 1. The standard InChI is InChI=1S/C13H22N2O4/c1-9(12(17)18)10-7-14(8-10)13(19)15(5-6-16)11-3-2-4-11/h9-11,16H,2-8H2,1H3,(H,17,18). The number of aliphatic hydroxyl groups excluding tert-OH is 1. The summed E-state index contributed by atoms with van der Waals surface area (Å²) in [5.41, 5.74) is 0. The van der Waals surface area contributed by atoms with E-state index in [-0.39, 0.29) is 24.6 Å². The number of aliphatic hydroxyl groups is 1.